The predicted octanol–water partition coefficient (Wildman–Crippen LogP) is 1.11. The highest BCUT2D eigenvalue weighted by Gasteiger charge is 2.19. The van der Waals surface area contributed by atoms with Gasteiger partial charge in [0.15, 0.2) is 0 Å². The monoisotopic (exact) mass is 305 g/mol. The van der Waals surface area contributed by atoms with E-state index in [-0.39, 0.29) is 6.03 Å². The molecule has 1 fully saturated rings. The van der Waals surface area contributed by atoms with E-state index >= 15 is 0 Å². The smallest absolute Gasteiger partial charge is 0.317 e. The lowest BCUT2D eigenvalue weighted by Crippen LogP contribution is -2.51. The summed E-state index contributed by atoms with van der Waals surface area (Å²) in [5.74, 6) is 0.811. The van der Waals surface area contributed by atoms with Crippen LogP contribution < -0.4 is 10.1 Å². The van der Waals surface area contributed by atoms with Gasteiger partial charge in [0.2, 0.25) is 6.41 Å². The van der Waals surface area contributed by atoms with Crippen molar-refractivity contribution in [3.05, 3.63) is 29.8 Å². The minimum atomic E-state index is -0.101. The maximum atomic E-state index is 11.9. The molecule has 1 aromatic rings. The molecule has 6 nitrogen and oxygen atoms in total. The topological polar surface area (TPSA) is 61.9 Å². The Morgan fingerprint density at radius 2 is 1.91 bits per heavy atom. The number of amides is 3. The van der Waals surface area contributed by atoms with E-state index in [2.05, 4.69) is 12.2 Å². The highest BCUT2D eigenvalue weighted by atomic mass is 16.5. The maximum Gasteiger partial charge on any atom is 0.317 e. The van der Waals surface area contributed by atoms with E-state index in [1.54, 1.807) is 9.80 Å². The number of rotatable bonds is 6. The van der Waals surface area contributed by atoms with Crippen molar-refractivity contribution >= 4 is 12.4 Å². The first-order valence-corrected chi connectivity index (χ1v) is 7.66. The molecule has 0 aromatic heterocycles. The minimum absolute atomic E-state index is 0.101. The molecule has 2 rings (SSSR count). The molecule has 0 bridgehead atoms. The van der Waals surface area contributed by atoms with Gasteiger partial charge in [0.25, 0.3) is 0 Å². The van der Waals surface area contributed by atoms with E-state index in [0.29, 0.717) is 39.3 Å². The Labute approximate surface area is 131 Å². The van der Waals surface area contributed by atoms with Crippen LogP contribution in [0.4, 0.5) is 4.79 Å². The standard InChI is InChI=1S/C16H23N3O3/c1-2-14-3-5-15(6-4-14)22-12-7-17-16(21)19-10-8-18(13-20)9-11-19/h3-6,13H,2,7-12H2,1H3,(H,17,21). The Balaban J connectivity index is 1.63. The van der Waals surface area contributed by atoms with Crippen molar-refractivity contribution in [3.63, 3.8) is 0 Å². The zero-order valence-electron chi connectivity index (χ0n) is 13.0. The molecule has 0 saturated carbocycles. The number of benzene rings is 1. The van der Waals surface area contributed by atoms with Gasteiger partial charge in [0, 0.05) is 26.2 Å². The first-order chi connectivity index (χ1) is 10.7. The second-order valence-electron chi connectivity index (χ2n) is 5.21. The molecule has 0 atom stereocenters. The van der Waals surface area contributed by atoms with Crippen molar-refractivity contribution in [2.45, 2.75) is 13.3 Å². The Bertz CT molecular complexity index is 482. The summed E-state index contributed by atoms with van der Waals surface area (Å²) in [7, 11) is 0. The summed E-state index contributed by atoms with van der Waals surface area (Å²) in [6.45, 7) is 5.34. The highest BCUT2D eigenvalue weighted by Crippen LogP contribution is 2.12. The van der Waals surface area contributed by atoms with E-state index in [9.17, 15) is 9.59 Å². The molecule has 1 N–H and O–H groups in total. The summed E-state index contributed by atoms with van der Waals surface area (Å²) < 4.78 is 5.59. The first-order valence-electron chi connectivity index (χ1n) is 7.66. The summed E-state index contributed by atoms with van der Waals surface area (Å²) in [5.41, 5.74) is 1.27. The molecule has 0 spiro atoms. The van der Waals surface area contributed by atoms with Gasteiger partial charge in [-0.15, -0.1) is 0 Å². The average molecular weight is 305 g/mol. The van der Waals surface area contributed by atoms with E-state index in [1.807, 2.05) is 24.3 Å². The Morgan fingerprint density at radius 1 is 1.23 bits per heavy atom. The molecule has 6 heteroatoms. The van der Waals surface area contributed by atoms with Crippen molar-refractivity contribution in [2.75, 3.05) is 39.3 Å². The highest BCUT2D eigenvalue weighted by molar-refractivity contribution is 5.74. The van der Waals surface area contributed by atoms with Crippen molar-refractivity contribution < 1.29 is 14.3 Å². The van der Waals surface area contributed by atoms with Gasteiger partial charge < -0.3 is 19.9 Å². The zero-order valence-corrected chi connectivity index (χ0v) is 13.0. The maximum absolute atomic E-state index is 11.9. The number of aryl methyl sites for hydroxylation is 1. The van der Waals surface area contributed by atoms with Crippen LogP contribution in [0, 0.1) is 0 Å². The van der Waals surface area contributed by atoms with Crippen molar-refractivity contribution in [2.24, 2.45) is 0 Å². The van der Waals surface area contributed by atoms with Gasteiger partial charge in [0.05, 0.1) is 6.54 Å². The van der Waals surface area contributed by atoms with E-state index < -0.39 is 0 Å². The van der Waals surface area contributed by atoms with Crippen LogP contribution in [0.1, 0.15) is 12.5 Å². The minimum Gasteiger partial charge on any atom is -0.492 e. The molecular formula is C16H23N3O3. The molecule has 0 unspecified atom stereocenters. The summed E-state index contributed by atoms with van der Waals surface area (Å²) in [5, 5.41) is 2.83. The quantitative estimate of drug-likeness (QED) is 0.632. The molecule has 0 radical (unpaired) electrons. The first kappa shape index (κ1) is 16.1. The summed E-state index contributed by atoms with van der Waals surface area (Å²) in [4.78, 5) is 25.9. The third kappa shape index (κ3) is 4.65. The molecule has 22 heavy (non-hydrogen) atoms. The second kappa shape index (κ2) is 8.26. The van der Waals surface area contributed by atoms with Crippen LogP contribution in [0.15, 0.2) is 24.3 Å². The summed E-state index contributed by atoms with van der Waals surface area (Å²) in [6.07, 6.45) is 1.83. The van der Waals surface area contributed by atoms with Gasteiger partial charge in [-0.05, 0) is 24.1 Å². The van der Waals surface area contributed by atoms with Crippen molar-refractivity contribution in [1.29, 1.82) is 0 Å². The van der Waals surface area contributed by atoms with Crippen LogP contribution in [-0.4, -0.2) is 61.6 Å². The van der Waals surface area contributed by atoms with Gasteiger partial charge in [0.1, 0.15) is 12.4 Å². The van der Waals surface area contributed by atoms with Crippen LogP contribution in [0.3, 0.4) is 0 Å². The van der Waals surface area contributed by atoms with Crippen LogP contribution in [0.25, 0.3) is 0 Å². The summed E-state index contributed by atoms with van der Waals surface area (Å²) in [6, 6.07) is 7.87. The van der Waals surface area contributed by atoms with E-state index in [0.717, 1.165) is 18.6 Å². The lowest BCUT2D eigenvalue weighted by atomic mass is 10.2. The average Bonchev–Trinajstić information content (AvgIpc) is 2.59. The SMILES string of the molecule is CCc1ccc(OCCNC(=O)N2CCN(C=O)CC2)cc1. The number of carbonyl (C=O) groups is 2. The lowest BCUT2D eigenvalue weighted by molar-refractivity contribution is -0.119. The van der Waals surface area contributed by atoms with Crippen LogP contribution >= 0.6 is 0 Å². The number of nitrogens with one attached hydrogen (secondary N) is 1. The molecule has 0 aliphatic carbocycles. The number of piperazine rings is 1. The fourth-order valence-corrected chi connectivity index (χ4v) is 2.29. The number of hydrogen-bond acceptors (Lipinski definition) is 3. The number of ether oxygens (including phenoxy) is 1. The van der Waals surface area contributed by atoms with Gasteiger partial charge in [-0.2, -0.15) is 0 Å². The Hall–Kier alpha value is -2.24. The Morgan fingerprint density at radius 3 is 2.50 bits per heavy atom. The number of carbonyl (C=O) groups excluding carboxylic acids is 2. The number of urea groups is 1. The fourth-order valence-electron chi connectivity index (χ4n) is 2.29. The molecular weight excluding hydrogens is 282 g/mol. The molecule has 3 amide bonds. The predicted molar refractivity (Wildman–Crippen MR) is 83.9 cm³/mol. The van der Waals surface area contributed by atoms with Crippen LogP contribution in [0.2, 0.25) is 0 Å². The summed E-state index contributed by atoms with van der Waals surface area (Å²) >= 11 is 0. The number of nitrogens with zero attached hydrogens (tertiary/aromatic N) is 2. The van der Waals surface area contributed by atoms with E-state index in [1.165, 1.54) is 5.56 Å². The third-order valence-electron chi connectivity index (χ3n) is 3.73. The molecule has 1 heterocycles. The fraction of sp³-hybridized carbons (Fsp3) is 0.500. The van der Waals surface area contributed by atoms with Gasteiger partial charge in [-0.3, -0.25) is 4.79 Å². The van der Waals surface area contributed by atoms with Crippen molar-refractivity contribution in [1.82, 2.24) is 15.1 Å². The number of hydrogen-bond donors (Lipinski definition) is 1. The van der Waals surface area contributed by atoms with Gasteiger partial charge in [-0.25, -0.2) is 4.79 Å². The Kier molecular flexibility index (Phi) is 6.06. The lowest BCUT2D eigenvalue weighted by Gasteiger charge is -2.32. The molecule has 1 aliphatic heterocycles. The van der Waals surface area contributed by atoms with Crippen LogP contribution in [-0.2, 0) is 11.2 Å². The van der Waals surface area contributed by atoms with Crippen molar-refractivity contribution in [3.8, 4) is 5.75 Å². The second-order valence-corrected chi connectivity index (χ2v) is 5.21. The molecule has 1 saturated heterocycles. The molecule has 1 aromatic carbocycles. The van der Waals surface area contributed by atoms with Gasteiger partial charge >= 0.3 is 6.03 Å². The third-order valence-corrected chi connectivity index (χ3v) is 3.73. The van der Waals surface area contributed by atoms with Gasteiger partial charge in [-0.1, -0.05) is 19.1 Å². The zero-order chi connectivity index (χ0) is 15.8. The normalized spacial score (nSPS) is 14.6. The van der Waals surface area contributed by atoms with Crippen LogP contribution in [0.5, 0.6) is 5.75 Å². The molecule has 1 aliphatic rings. The largest absolute Gasteiger partial charge is 0.492 e. The van der Waals surface area contributed by atoms with E-state index in [4.69, 9.17) is 4.74 Å². The molecule has 120 valence electrons.